The molecule has 2 rings (SSSR count). The molecular weight excluding hydrogens is 524 g/mol. The van der Waals surface area contributed by atoms with Crippen molar-refractivity contribution >= 4 is 43.5 Å². The number of nitrogens with one attached hydrogen (secondary N) is 2. The lowest BCUT2D eigenvalue weighted by atomic mass is 10.0. The van der Waals surface area contributed by atoms with Crippen molar-refractivity contribution in [1.29, 1.82) is 5.26 Å². The fourth-order valence-electron chi connectivity index (χ4n) is 5.66. The highest BCUT2D eigenvalue weighted by Crippen LogP contribution is 2.44. The van der Waals surface area contributed by atoms with Gasteiger partial charge in [0.15, 0.2) is 0 Å². The number of hydrogen-bond donors (Lipinski definition) is 3. The second kappa shape index (κ2) is 12.6. The van der Waals surface area contributed by atoms with E-state index in [0.717, 1.165) is 0 Å². The number of piperidine rings is 1. The fourth-order valence-corrected chi connectivity index (χ4v) is 11.5. The minimum atomic E-state index is -2.34. The maximum absolute atomic E-state index is 12.4. The first kappa shape index (κ1) is 31.7. The highest BCUT2D eigenvalue weighted by molar-refractivity contribution is 6.77. The third-order valence-electron chi connectivity index (χ3n) is 7.09. The molecule has 0 radical (unpaired) electrons. The van der Waals surface area contributed by atoms with Crippen molar-refractivity contribution in [3.63, 3.8) is 0 Å². The van der Waals surface area contributed by atoms with Crippen LogP contribution in [0.25, 0.3) is 0 Å². The van der Waals surface area contributed by atoms with Gasteiger partial charge >= 0.3 is 12.2 Å². The zero-order valence-electron chi connectivity index (χ0n) is 24.0. The first-order valence-electron chi connectivity index (χ1n) is 13.2. The van der Waals surface area contributed by atoms with Crippen LogP contribution in [-0.2, 0) is 9.16 Å². The fraction of sp³-hybridized carbons (Fsp3) is 0.667. The Balaban J connectivity index is 2.48. The minimum absolute atomic E-state index is 0.272. The topological polar surface area (TPSA) is 124 Å². The highest BCUT2D eigenvalue weighted by Gasteiger charge is 2.48. The molecule has 1 fully saturated rings. The van der Waals surface area contributed by atoms with Crippen LogP contribution in [0, 0.1) is 11.3 Å². The van der Waals surface area contributed by atoms with Gasteiger partial charge in [0.1, 0.15) is 5.60 Å². The van der Waals surface area contributed by atoms with Crippen LogP contribution in [0.3, 0.4) is 0 Å². The number of ether oxygens (including phenoxy) is 1. The normalized spacial score (nSPS) is 18.5. The third kappa shape index (κ3) is 7.55. The summed E-state index contributed by atoms with van der Waals surface area (Å²) in [5.41, 5.74) is 1.43. The van der Waals surface area contributed by atoms with Gasteiger partial charge in [-0.3, -0.25) is 5.32 Å². The molecule has 3 N–H and O–H groups in total. The van der Waals surface area contributed by atoms with E-state index in [0.29, 0.717) is 47.4 Å². The molecular formula is C27H43ClN4O5Si. The van der Waals surface area contributed by atoms with Crippen LogP contribution in [-0.4, -0.2) is 56.4 Å². The van der Waals surface area contributed by atoms with Gasteiger partial charge in [0.2, 0.25) is 8.32 Å². The lowest BCUT2D eigenvalue weighted by Crippen LogP contribution is -2.61. The van der Waals surface area contributed by atoms with E-state index >= 15 is 0 Å². The summed E-state index contributed by atoms with van der Waals surface area (Å²) >= 11 is 6.78. The van der Waals surface area contributed by atoms with Gasteiger partial charge in [-0.05, 0) is 55.9 Å². The van der Waals surface area contributed by atoms with Crippen molar-refractivity contribution < 1.29 is 23.9 Å². The molecule has 1 aromatic rings. The largest absolute Gasteiger partial charge is 0.465 e. The van der Waals surface area contributed by atoms with Gasteiger partial charge in [0, 0.05) is 13.1 Å². The summed E-state index contributed by atoms with van der Waals surface area (Å²) in [4.78, 5) is 26.1. The molecule has 1 aliphatic heterocycles. The summed E-state index contributed by atoms with van der Waals surface area (Å²) in [7, 11) is -2.34. The predicted molar refractivity (Wildman–Crippen MR) is 154 cm³/mol. The molecule has 11 heteroatoms. The highest BCUT2D eigenvalue weighted by atomic mass is 35.5. The van der Waals surface area contributed by atoms with Crippen LogP contribution in [0.15, 0.2) is 12.1 Å². The Morgan fingerprint density at radius 3 is 2.21 bits per heavy atom. The number of carboxylic acid groups (broad SMARTS) is 1. The molecule has 1 heterocycles. The van der Waals surface area contributed by atoms with Crippen LogP contribution < -0.4 is 15.5 Å². The molecule has 0 saturated carbocycles. The number of nitriles is 1. The smallest absolute Gasteiger partial charge is 0.412 e. The number of halogens is 1. The number of carbonyl (C=O) groups excluding carboxylic acids is 1. The molecule has 38 heavy (non-hydrogen) atoms. The Labute approximate surface area is 232 Å². The average Bonchev–Trinajstić information content (AvgIpc) is 2.77. The zero-order chi connectivity index (χ0) is 29.0. The van der Waals surface area contributed by atoms with Crippen molar-refractivity contribution in [2.75, 3.05) is 23.3 Å². The molecule has 0 spiro atoms. The summed E-state index contributed by atoms with van der Waals surface area (Å²) in [6.07, 6.45) is -1.68. The predicted octanol–water partition coefficient (Wildman–Crippen LogP) is 6.97. The lowest BCUT2D eigenvalue weighted by Gasteiger charge is -2.49. The molecule has 9 nitrogen and oxygen atoms in total. The third-order valence-corrected chi connectivity index (χ3v) is 13.6. The molecule has 1 aliphatic rings. The van der Waals surface area contributed by atoms with Gasteiger partial charge in [-0.15, -0.1) is 0 Å². The Morgan fingerprint density at radius 2 is 1.74 bits per heavy atom. The first-order valence-corrected chi connectivity index (χ1v) is 15.7. The summed E-state index contributed by atoms with van der Waals surface area (Å²) in [6.45, 7) is 19.3. The molecule has 212 valence electrons. The molecule has 2 atom stereocenters. The van der Waals surface area contributed by atoms with Crippen LogP contribution in [0.1, 0.15) is 74.3 Å². The first-order chi connectivity index (χ1) is 17.5. The number of benzene rings is 1. The van der Waals surface area contributed by atoms with E-state index in [1.54, 1.807) is 26.8 Å². The molecule has 1 saturated heterocycles. The van der Waals surface area contributed by atoms with Gasteiger partial charge in [0.05, 0.1) is 40.2 Å². The lowest BCUT2D eigenvalue weighted by molar-refractivity contribution is 0.0636. The Morgan fingerprint density at radius 1 is 1.16 bits per heavy atom. The van der Waals surface area contributed by atoms with Gasteiger partial charge < -0.3 is 24.5 Å². The Kier molecular flexibility index (Phi) is 10.5. The number of rotatable bonds is 8. The van der Waals surface area contributed by atoms with E-state index in [-0.39, 0.29) is 16.8 Å². The van der Waals surface area contributed by atoms with E-state index in [1.807, 2.05) is 4.90 Å². The van der Waals surface area contributed by atoms with E-state index in [1.165, 1.54) is 6.07 Å². The van der Waals surface area contributed by atoms with Crippen LogP contribution >= 0.6 is 11.6 Å². The molecule has 0 aliphatic carbocycles. The number of hydrogen-bond acceptors (Lipinski definition) is 6. The summed E-state index contributed by atoms with van der Waals surface area (Å²) in [5, 5.41) is 24.8. The maximum atomic E-state index is 12.4. The molecule has 0 bridgehead atoms. The second-order valence-electron chi connectivity index (χ2n) is 11.9. The maximum Gasteiger partial charge on any atom is 0.412 e. The van der Waals surface area contributed by atoms with E-state index in [4.69, 9.17) is 20.8 Å². The van der Waals surface area contributed by atoms with Gasteiger partial charge in [-0.1, -0.05) is 53.1 Å². The summed E-state index contributed by atoms with van der Waals surface area (Å²) in [5.74, 6) is 0. The quantitative estimate of drug-likeness (QED) is 0.290. The molecule has 0 aromatic heterocycles. The summed E-state index contributed by atoms with van der Waals surface area (Å²) < 4.78 is 12.4. The second-order valence-corrected chi connectivity index (χ2v) is 17.6. The molecule has 1 aromatic carbocycles. The van der Waals surface area contributed by atoms with Crippen molar-refractivity contribution in [1.82, 2.24) is 5.32 Å². The van der Waals surface area contributed by atoms with Crippen LogP contribution in [0.5, 0.6) is 0 Å². The zero-order valence-corrected chi connectivity index (χ0v) is 25.8. The Hall–Kier alpha value is -2.48. The van der Waals surface area contributed by atoms with Gasteiger partial charge in [0.25, 0.3) is 0 Å². The SMILES string of the molecule is CC(C)[Si](O[C@@H]1CN(c2cc(C#N)cc(NC(=O)OC(C)(C)C)c2Cl)CC[C@H]1NC(=O)O)(C(C)C)C(C)C. The number of amides is 2. The molecule has 2 amide bonds. The van der Waals surface area contributed by atoms with Crippen molar-refractivity contribution in [2.45, 2.75) is 103 Å². The van der Waals surface area contributed by atoms with Gasteiger partial charge in [-0.2, -0.15) is 5.26 Å². The van der Waals surface area contributed by atoms with Crippen LogP contribution in [0.2, 0.25) is 21.6 Å². The standard InChI is InChI=1S/C27H43ClN4O5Si/c1-16(2)38(17(3)4,18(5)6)37-23-15-32(11-10-20(23)30-25(33)34)22-13-19(14-29)12-21(24(22)28)31-26(35)36-27(7,8)9/h12-13,16-18,20,23,30H,10-11,15H2,1-9H3,(H,31,35)(H,33,34)/t20-,23-/m1/s1. The van der Waals surface area contributed by atoms with Gasteiger partial charge in [-0.25, -0.2) is 9.59 Å². The van der Waals surface area contributed by atoms with Crippen molar-refractivity contribution in [2.24, 2.45) is 0 Å². The minimum Gasteiger partial charge on any atom is -0.465 e. The van der Waals surface area contributed by atoms with Crippen molar-refractivity contribution in [3.8, 4) is 6.07 Å². The van der Waals surface area contributed by atoms with E-state index in [9.17, 15) is 20.0 Å². The number of nitrogens with zero attached hydrogens (tertiary/aromatic N) is 2. The number of anilines is 2. The average molecular weight is 567 g/mol. The van der Waals surface area contributed by atoms with Crippen LogP contribution in [0.4, 0.5) is 21.0 Å². The Bertz CT molecular complexity index is 1030. The van der Waals surface area contributed by atoms with Crippen molar-refractivity contribution in [3.05, 3.63) is 22.7 Å². The number of carbonyl (C=O) groups is 2. The van der Waals surface area contributed by atoms with E-state index < -0.39 is 32.2 Å². The van der Waals surface area contributed by atoms with E-state index in [2.05, 4.69) is 58.2 Å². The molecule has 0 unspecified atom stereocenters. The summed E-state index contributed by atoms with van der Waals surface area (Å²) in [6, 6.07) is 4.94. The monoisotopic (exact) mass is 566 g/mol.